The lowest BCUT2D eigenvalue weighted by Crippen LogP contribution is -1.14. The molecule has 0 aromatic carbocycles. The van der Waals surface area contributed by atoms with E-state index in [9.17, 15) is 4.39 Å². The molecule has 0 aromatic heterocycles. The maximum Gasteiger partial charge on any atom is 0.0979 e. The Bertz CT molecular complexity index is 22.8. The molecule has 0 nitrogen and oxygen atoms in total. The van der Waals surface area contributed by atoms with Gasteiger partial charge < -0.3 is 0 Å². The molecule has 32 valence electrons. The summed E-state index contributed by atoms with van der Waals surface area (Å²) in [7, 11) is 0. The number of hydrogen-bond donors (Lipinski definition) is 0. The number of hydrogen-bond acceptors (Lipinski definition) is 0. The molecule has 0 spiro atoms. The van der Waals surface area contributed by atoms with E-state index < -0.39 is 0 Å². The zero-order valence-electron chi connectivity index (χ0n) is 2.32. The van der Waals surface area contributed by atoms with Crippen molar-refractivity contribution >= 4 is 11.6 Å². The zero-order chi connectivity index (χ0) is 3.41. The van der Waals surface area contributed by atoms with Crippen molar-refractivity contribution in [3.05, 3.63) is 11.9 Å². The summed E-state index contributed by atoms with van der Waals surface area (Å²) in [5, 5.41) is 0. The van der Waals surface area contributed by atoms with Crippen LogP contribution in [-0.2, 0) is 0 Å². The quantitative estimate of drug-likeness (QED) is 0.436. The van der Waals surface area contributed by atoms with E-state index in [0.717, 1.165) is 5.54 Å². The van der Waals surface area contributed by atoms with Gasteiger partial charge in [-0.2, -0.15) is 0 Å². The predicted octanol–water partition coefficient (Wildman–Crippen LogP) is 1.82. The third-order valence-corrected chi connectivity index (χ3v) is 0.143. The van der Waals surface area contributed by atoms with Gasteiger partial charge in [-0.25, -0.2) is 4.39 Å². The summed E-state index contributed by atoms with van der Waals surface area (Å²) in [6.45, 7) is 0. The monoisotopic (exact) mass is 100.0 g/mol. The van der Waals surface area contributed by atoms with Crippen LogP contribution in [0.4, 0.5) is 9.09 Å². The molecule has 0 heterocycles. The third-order valence-electron chi connectivity index (χ3n) is 0.0476. The van der Waals surface area contributed by atoms with Crippen LogP contribution in [0.15, 0.2) is 11.9 Å². The van der Waals surface area contributed by atoms with Crippen molar-refractivity contribution in [1.82, 2.24) is 0 Å². The molecule has 0 atom stereocenters. The van der Waals surface area contributed by atoms with E-state index >= 15 is 0 Å². The minimum atomic E-state index is 0. The van der Waals surface area contributed by atoms with Crippen LogP contribution in [0.2, 0.25) is 0 Å². The van der Waals surface area contributed by atoms with E-state index in [2.05, 4.69) is 11.6 Å². The topological polar surface area (TPSA) is 0 Å². The average Bonchev–Trinajstić information content (AvgIpc) is 1.37. The summed E-state index contributed by atoms with van der Waals surface area (Å²) in [6.07, 6.45) is 0.265. The van der Waals surface area contributed by atoms with Gasteiger partial charge in [0.05, 0.1) is 6.33 Å². The third kappa shape index (κ3) is 17.5. The average molecular weight is 100 g/mol. The fraction of sp³-hybridized carbons (Fsp3) is 0. The summed E-state index contributed by atoms with van der Waals surface area (Å²) >= 11 is 4.63. The van der Waals surface area contributed by atoms with Crippen LogP contribution in [0.3, 0.4) is 0 Å². The van der Waals surface area contributed by atoms with Gasteiger partial charge in [-0.1, -0.05) is 11.6 Å². The predicted molar refractivity (Wildman–Crippen MR) is 18.6 cm³/mol. The highest BCUT2D eigenvalue weighted by Crippen LogP contribution is 1.73. The zero-order valence-corrected chi connectivity index (χ0v) is 3.07. The van der Waals surface area contributed by atoms with Gasteiger partial charge in [0, 0.05) is 5.54 Å². The van der Waals surface area contributed by atoms with Gasteiger partial charge in [-0.3, -0.25) is 4.70 Å². The van der Waals surface area contributed by atoms with Crippen LogP contribution in [0.25, 0.3) is 0 Å². The second-order valence-electron chi connectivity index (χ2n) is 0.252. The molecule has 0 aromatic rings. The molecule has 0 aliphatic rings. The van der Waals surface area contributed by atoms with Gasteiger partial charge in [0.25, 0.3) is 0 Å². The number of halogens is 3. The molecule has 3 heteroatoms. The summed E-state index contributed by atoms with van der Waals surface area (Å²) < 4.78 is 10.4. The van der Waals surface area contributed by atoms with E-state index in [1.807, 2.05) is 0 Å². The highest BCUT2D eigenvalue weighted by atomic mass is 35.5. The second kappa shape index (κ2) is 9.10. The van der Waals surface area contributed by atoms with Gasteiger partial charge in [-0.15, -0.1) is 0 Å². The van der Waals surface area contributed by atoms with Crippen molar-refractivity contribution in [3.63, 3.8) is 0 Å². The SMILES string of the molecule is F.F/C=C/Cl. The van der Waals surface area contributed by atoms with Crippen LogP contribution < -0.4 is 0 Å². The first kappa shape index (κ1) is 8.86. The van der Waals surface area contributed by atoms with Crippen molar-refractivity contribution in [2.24, 2.45) is 0 Å². The lowest BCUT2D eigenvalue weighted by Gasteiger charge is -1.43. The molecule has 0 saturated heterocycles. The normalized spacial score (nSPS) is 7.60. The highest BCUT2D eigenvalue weighted by Gasteiger charge is 1.41. The molecule has 0 fully saturated rings. The van der Waals surface area contributed by atoms with Gasteiger partial charge in [-0.05, 0) is 0 Å². The Balaban J connectivity index is 0. The Morgan fingerprint density at radius 3 is 1.80 bits per heavy atom. The Kier molecular flexibility index (Phi) is 16.1. The fourth-order valence-electron chi connectivity index (χ4n) is 0. The minimum absolute atomic E-state index is 0. The molecule has 0 unspecified atom stereocenters. The molecule has 0 N–H and O–H groups in total. The lowest BCUT2D eigenvalue weighted by molar-refractivity contribution is 0.723. The molecule has 0 aliphatic carbocycles. The van der Waals surface area contributed by atoms with Crippen molar-refractivity contribution in [2.45, 2.75) is 0 Å². The van der Waals surface area contributed by atoms with E-state index in [0.29, 0.717) is 0 Å². The largest absolute Gasteiger partial charge is 0.269 e. The van der Waals surface area contributed by atoms with Crippen molar-refractivity contribution in [1.29, 1.82) is 0 Å². The molecular weight excluding hydrogens is 97.5 g/mol. The van der Waals surface area contributed by atoms with Gasteiger partial charge in [0.2, 0.25) is 0 Å². The first-order valence-electron chi connectivity index (χ1n) is 0.770. The van der Waals surface area contributed by atoms with Crippen LogP contribution in [-0.4, -0.2) is 0 Å². The first-order chi connectivity index (χ1) is 1.91. The molecule has 5 heavy (non-hydrogen) atoms. The second-order valence-corrected chi connectivity index (χ2v) is 0.504. The van der Waals surface area contributed by atoms with Crippen LogP contribution in [0.1, 0.15) is 0 Å². The molecule has 0 rings (SSSR count). The molecule has 0 aliphatic heterocycles. The van der Waals surface area contributed by atoms with Crippen molar-refractivity contribution in [2.75, 3.05) is 0 Å². The summed E-state index contributed by atoms with van der Waals surface area (Å²) in [5.74, 6) is 0. The Hall–Kier alpha value is -0.110. The van der Waals surface area contributed by atoms with Gasteiger partial charge in [0.15, 0.2) is 0 Å². The Morgan fingerprint density at radius 1 is 1.60 bits per heavy atom. The van der Waals surface area contributed by atoms with E-state index in [1.165, 1.54) is 0 Å². The van der Waals surface area contributed by atoms with Crippen molar-refractivity contribution < 1.29 is 9.09 Å². The number of rotatable bonds is 0. The first-order valence-corrected chi connectivity index (χ1v) is 1.21. The van der Waals surface area contributed by atoms with Crippen LogP contribution >= 0.6 is 11.6 Å². The molecule has 0 saturated carbocycles. The Labute approximate surface area is 33.6 Å². The minimum Gasteiger partial charge on any atom is -0.269 e. The maximum absolute atomic E-state index is 10.4. The van der Waals surface area contributed by atoms with Crippen LogP contribution in [0.5, 0.6) is 0 Å². The highest BCUT2D eigenvalue weighted by molar-refractivity contribution is 6.25. The molecule has 0 radical (unpaired) electrons. The summed E-state index contributed by atoms with van der Waals surface area (Å²) in [5.41, 5.74) is 0.806. The van der Waals surface area contributed by atoms with Gasteiger partial charge in [0.1, 0.15) is 0 Å². The van der Waals surface area contributed by atoms with E-state index in [4.69, 9.17) is 0 Å². The van der Waals surface area contributed by atoms with E-state index in [-0.39, 0.29) is 11.0 Å². The van der Waals surface area contributed by atoms with Crippen molar-refractivity contribution in [3.8, 4) is 0 Å². The van der Waals surface area contributed by atoms with Crippen LogP contribution in [0, 0.1) is 0 Å². The summed E-state index contributed by atoms with van der Waals surface area (Å²) in [6, 6.07) is 0. The van der Waals surface area contributed by atoms with E-state index in [1.54, 1.807) is 0 Å². The molecule has 0 bridgehead atoms. The fourth-order valence-corrected chi connectivity index (χ4v) is 0. The lowest BCUT2D eigenvalue weighted by atomic mass is 11.2. The molecule has 0 amide bonds. The molecular formula is C2H3ClF2. The standard InChI is InChI=1S/C2H2ClF.FH/c3-1-2-4;/h1-2H;1H/b2-1+;. The maximum atomic E-state index is 10.4. The smallest absolute Gasteiger partial charge is 0.0979 e. The summed E-state index contributed by atoms with van der Waals surface area (Å²) in [4.78, 5) is 0. The Morgan fingerprint density at radius 2 is 1.80 bits per heavy atom. The van der Waals surface area contributed by atoms with Gasteiger partial charge >= 0.3 is 0 Å².